The summed E-state index contributed by atoms with van der Waals surface area (Å²) in [5, 5.41) is 1.91. The molecule has 3 aromatic rings. The van der Waals surface area contributed by atoms with Crippen LogP contribution in [0.5, 0.6) is 5.75 Å². The number of fused-ring (bicyclic) bond motifs is 1. The topological polar surface area (TPSA) is 39.2 Å². The van der Waals surface area contributed by atoms with Gasteiger partial charge in [-0.05, 0) is 36.4 Å². The highest BCUT2D eigenvalue weighted by molar-refractivity contribution is 7.21. The first kappa shape index (κ1) is 14.3. The van der Waals surface area contributed by atoms with Crippen molar-refractivity contribution < 1.29 is 9.53 Å². The van der Waals surface area contributed by atoms with Gasteiger partial charge in [0.05, 0.1) is 15.8 Å². The average molecular weight is 338 g/mol. The molecule has 0 aliphatic heterocycles. The molecular formula is C15H9Cl2NO2S. The van der Waals surface area contributed by atoms with Crippen LogP contribution in [0.1, 0.15) is 6.92 Å². The van der Waals surface area contributed by atoms with E-state index in [1.165, 1.54) is 18.3 Å². The smallest absolute Gasteiger partial charge is 0.308 e. The third-order valence-electron chi connectivity index (χ3n) is 2.78. The molecule has 0 bridgehead atoms. The minimum Gasteiger partial charge on any atom is -0.426 e. The number of hydrogen-bond acceptors (Lipinski definition) is 4. The van der Waals surface area contributed by atoms with Crippen LogP contribution >= 0.6 is 34.5 Å². The lowest BCUT2D eigenvalue weighted by Gasteiger charge is -2.06. The molecule has 106 valence electrons. The molecule has 3 rings (SSSR count). The standard InChI is InChI=1S/C15H9Cl2NO2S/c1-8(19)20-13-4-2-9(16)6-11(13)15-18-12-7-10(17)3-5-14(12)21-15/h2-7H,1H3. The summed E-state index contributed by atoms with van der Waals surface area (Å²) < 4.78 is 6.22. The Labute approximate surface area is 135 Å². The van der Waals surface area contributed by atoms with Crippen molar-refractivity contribution in [3.63, 3.8) is 0 Å². The highest BCUT2D eigenvalue weighted by Gasteiger charge is 2.14. The largest absolute Gasteiger partial charge is 0.426 e. The van der Waals surface area contributed by atoms with Crippen molar-refractivity contribution in [2.75, 3.05) is 0 Å². The van der Waals surface area contributed by atoms with Crippen LogP contribution in [0.3, 0.4) is 0 Å². The van der Waals surface area contributed by atoms with E-state index in [1.807, 2.05) is 12.1 Å². The Bertz CT molecular complexity index is 845. The van der Waals surface area contributed by atoms with Gasteiger partial charge in [0.25, 0.3) is 0 Å². The van der Waals surface area contributed by atoms with Crippen LogP contribution in [0, 0.1) is 0 Å². The van der Waals surface area contributed by atoms with Crippen LogP contribution in [-0.2, 0) is 4.79 Å². The van der Waals surface area contributed by atoms with E-state index >= 15 is 0 Å². The van der Waals surface area contributed by atoms with Crippen molar-refractivity contribution in [2.45, 2.75) is 6.92 Å². The Morgan fingerprint density at radius 1 is 1.14 bits per heavy atom. The maximum absolute atomic E-state index is 11.2. The first-order valence-electron chi connectivity index (χ1n) is 6.07. The number of carbonyl (C=O) groups is 1. The predicted octanol–water partition coefficient (Wildman–Crippen LogP) is 5.20. The predicted molar refractivity (Wildman–Crippen MR) is 86.4 cm³/mol. The number of halogens is 2. The zero-order valence-corrected chi connectivity index (χ0v) is 13.2. The second kappa shape index (κ2) is 5.64. The fraction of sp³-hybridized carbons (Fsp3) is 0.0667. The molecular weight excluding hydrogens is 329 g/mol. The van der Waals surface area contributed by atoms with Crippen molar-refractivity contribution in [2.24, 2.45) is 0 Å². The maximum atomic E-state index is 11.2. The number of carbonyl (C=O) groups excluding carboxylic acids is 1. The van der Waals surface area contributed by atoms with E-state index in [0.717, 1.165) is 15.2 Å². The third-order valence-corrected chi connectivity index (χ3v) is 4.32. The van der Waals surface area contributed by atoms with Crippen molar-refractivity contribution in [1.82, 2.24) is 4.98 Å². The van der Waals surface area contributed by atoms with Gasteiger partial charge in [0.15, 0.2) is 0 Å². The molecule has 0 radical (unpaired) electrons. The van der Waals surface area contributed by atoms with E-state index in [-0.39, 0.29) is 5.97 Å². The number of esters is 1. The molecule has 1 aromatic heterocycles. The van der Waals surface area contributed by atoms with Gasteiger partial charge >= 0.3 is 5.97 Å². The van der Waals surface area contributed by atoms with Gasteiger partial charge in [-0.1, -0.05) is 23.2 Å². The molecule has 0 N–H and O–H groups in total. The number of hydrogen-bond donors (Lipinski definition) is 0. The fourth-order valence-electron chi connectivity index (χ4n) is 1.93. The van der Waals surface area contributed by atoms with Crippen molar-refractivity contribution in [3.8, 4) is 16.3 Å². The number of aromatic nitrogens is 1. The zero-order valence-electron chi connectivity index (χ0n) is 10.9. The minimum absolute atomic E-state index is 0.386. The number of thiazole rings is 1. The lowest BCUT2D eigenvalue weighted by Crippen LogP contribution is -2.02. The summed E-state index contributed by atoms with van der Waals surface area (Å²) in [6.07, 6.45) is 0. The summed E-state index contributed by atoms with van der Waals surface area (Å²) >= 11 is 13.5. The van der Waals surface area contributed by atoms with Gasteiger partial charge in [-0.2, -0.15) is 0 Å². The molecule has 2 aromatic carbocycles. The Hall–Kier alpha value is -1.62. The molecule has 0 aliphatic rings. The van der Waals surface area contributed by atoms with Crippen LogP contribution in [0.25, 0.3) is 20.8 Å². The zero-order chi connectivity index (χ0) is 15.0. The van der Waals surface area contributed by atoms with Crippen LogP contribution < -0.4 is 4.74 Å². The molecule has 0 fully saturated rings. The molecule has 0 unspecified atom stereocenters. The number of benzene rings is 2. The number of rotatable bonds is 2. The first-order valence-corrected chi connectivity index (χ1v) is 7.64. The number of ether oxygens (including phenoxy) is 1. The maximum Gasteiger partial charge on any atom is 0.308 e. The highest BCUT2D eigenvalue weighted by atomic mass is 35.5. The summed E-state index contributed by atoms with van der Waals surface area (Å²) in [6, 6.07) is 10.6. The van der Waals surface area contributed by atoms with Gasteiger partial charge in [-0.15, -0.1) is 11.3 Å². The summed E-state index contributed by atoms with van der Waals surface area (Å²) in [6.45, 7) is 1.36. The molecule has 1 heterocycles. The minimum atomic E-state index is -0.386. The molecule has 0 saturated carbocycles. The lowest BCUT2D eigenvalue weighted by molar-refractivity contribution is -0.131. The second-order valence-electron chi connectivity index (χ2n) is 4.37. The molecule has 0 atom stereocenters. The first-order chi connectivity index (χ1) is 10.0. The lowest BCUT2D eigenvalue weighted by atomic mass is 10.2. The fourth-order valence-corrected chi connectivity index (χ4v) is 3.23. The van der Waals surface area contributed by atoms with Gasteiger partial charge in [0, 0.05) is 17.0 Å². The average Bonchev–Trinajstić information content (AvgIpc) is 2.83. The molecule has 0 spiro atoms. The highest BCUT2D eigenvalue weighted by Crippen LogP contribution is 2.38. The van der Waals surface area contributed by atoms with Crippen molar-refractivity contribution >= 4 is 50.7 Å². The monoisotopic (exact) mass is 337 g/mol. The molecule has 6 heteroatoms. The van der Waals surface area contributed by atoms with Crippen LogP contribution in [0.2, 0.25) is 10.0 Å². The normalized spacial score (nSPS) is 10.8. The molecule has 3 nitrogen and oxygen atoms in total. The van der Waals surface area contributed by atoms with Gasteiger partial charge < -0.3 is 4.74 Å². The van der Waals surface area contributed by atoms with E-state index in [9.17, 15) is 4.79 Å². The summed E-state index contributed by atoms with van der Waals surface area (Å²) in [4.78, 5) is 15.7. The van der Waals surface area contributed by atoms with E-state index in [2.05, 4.69) is 4.98 Å². The molecule has 21 heavy (non-hydrogen) atoms. The molecule has 0 aliphatic carbocycles. The van der Waals surface area contributed by atoms with Crippen LogP contribution in [-0.4, -0.2) is 11.0 Å². The Kier molecular flexibility index (Phi) is 3.85. The van der Waals surface area contributed by atoms with E-state index in [1.54, 1.807) is 24.3 Å². The van der Waals surface area contributed by atoms with E-state index in [4.69, 9.17) is 27.9 Å². The second-order valence-corrected chi connectivity index (χ2v) is 6.27. The molecule has 0 saturated heterocycles. The summed E-state index contributed by atoms with van der Waals surface area (Å²) in [5.74, 6) is 0.0554. The van der Waals surface area contributed by atoms with Crippen LogP contribution in [0.4, 0.5) is 0 Å². The van der Waals surface area contributed by atoms with Gasteiger partial charge in [-0.25, -0.2) is 4.98 Å². The van der Waals surface area contributed by atoms with Crippen LogP contribution in [0.15, 0.2) is 36.4 Å². The van der Waals surface area contributed by atoms with Gasteiger partial charge in [0.1, 0.15) is 10.8 Å². The van der Waals surface area contributed by atoms with Gasteiger partial charge in [-0.3, -0.25) is 4.79 Å². The SMILES string of the molecule is CC(=O)Oc1ccc(Cl)cc1-c1nc2cc(Cl)ccc2s1. The summed E-state index contributed by atoms with van der Waals surface area (Å²) in [5.41, 5.74) is 1.49. The van der Waals surface area contributed by atoms with Crippen molar-refractivity contribution in [1.29, 1.82) is 0 Å². The Morgan fingerprint density at radius 2 is 1.86 bits per heavy atom. The van der Waals surface area contributed by atoms with E-state index < -0.39 is 0 Å². The van der Waals surface area contributed by atoms with Gasteiger partial charge in [0.2, 0.25) is 0 Å². The quantitative estimate of drug-likeness (QED) is 0.476. The molecule has 0 amide bonds. The summed E-state index contributed by atoms with van der Waals surface area (Å²) in [7, 11) is 0. The third kappa shape index (κ3) is 3.02. The van der Waals surface area contributed by atoms with Crippen molar-refractivity contribution in [3.05, 3.63) is 46.4 Å². The van der Waals surface area contributed by atoms with E-state index in [0.29, 0.717) is 21.4 Å². The Balaban J connectivity index is 2.16. The number of nitrogens with zero attached hydrogens (tertiary/aromatic N) is 1. The Morgan fingerprint density at radius 3 is 2.62 bits per heavy atom.